The maximum absolute atomic E-state index is 12.0. The van der Waals surface area contributed by atoms with Crippen LogP contribution in [-0.4, -0.2) is 33.6 Å². The van der Waals surface area contributed by atoms with Gasteiger partial charge in [-0.05, 0) is 37.0 Å². The first kappa shape index (κ1) is 19.0. The molecule has 1 aromatic carbocycles. The molecule has 0 radical (unpaired) electrons. The fourth-order valence-corrected chi connectivity index (χ4v) is 2.47. The SMILES string of the molecule is Cc1cc(C)n(-c2ccccc2CNC(=O)NCC(O)C(C)(C)C)n1. The van der Waals surface area contributed by atoms with Crippen LogP contribution in [0.5, 0.6) is 0 Å². The molecule has 6 nitrogen and oxygen atoms in total. The molecule has 0 spiro atoms. The van der Waals surface area contributed by atoms with Gasteiger partial charge in [0.1, 0.15) is 0 Å². The molecule has 3 N–H and O–H groups in total. The van der Waals surface area contributed by atoms with E-state index in [2.05, 4.69) is 15.7 Å². The van der Waals surface area contributed by atoms with Crippen molar-refractivity contribution < 1.29 is 9.90 Å². The summed E-state index contributed by atoms with van der Waals surface area (Å²) in [5.41, 5.74) is 3.65. The number of hydrogen-bond donors (Lipinski definition) is 3. The van der Waals surface area contributed by atoms with Crippen molar-refractivity contribution in [2.75, 3.05) is 6.54 Å². The van der Waals surface area contributed by atoms with Gasteiger partial charge in [0.2, 0.25) is 0 Å². The monoisotopic (exact) mass is 344 g/mol. The maximum Gasteiger partial charge on any atom is 0.315 e. The molecule has 1 heterocycles. The molecule has 0 aliphatic heterocycles. The number of nitrogens with one attached hydrogen (secondary N) is 2. The number of para-hydroxylation sites is 1. The Hall–Kier alpha value is -2.34. The number of aliphatic hydroxyl groups excluding tert-OH is 1. The lowest BCUT2D eigenvalue weighted by molar-refractivity contribution is 0.0650. The number of aromatic nitrogens is 2. The molecule has 136 valence electrons. The highest BCUT2D eigenvalue weighted by molar-refractivity contribution is 5.74. The fourth-order valence-electron chi connectivity index (χ4n) is 2.47. The van der Waals surface area contributed by atoms with Gasteiger partial charge < -0.3 is 15.7 Å². The summed E-state index contributed by atoms with van der Waals surface area (Å²) in [5, 5.41) is 20.1. The molecule has 2 rings (SSSR count). The van der Waals surface area contributed by atoms with Crippen molar-refractivity contribution >= 4 is 6.03 Å². The highest BCUT2D eigenvalue weighted by atomic mass is 16.3. The molecule has 0 saturated carbocycles. The fraction of sp³-hybridized carbons (Fsp3) is 0.474. The van der Waals surface area contributed by atoms with Gasteiger partial charge in [-0.25, -0.2) is 9.48 Å². The van der Waals surface area contributed by atoms with E-state index in [1.165, 1.54) is 0 Å². The summed E-state index contributed by atoms with van der Waals surface area (Å²) in [6.45, 7) is 10.4. The minimum atomic E-state index is -0.597. The quantitative estimate of drug-likeness (QED) is 0.780. The number of hydrogen-bond acceptors (Lipinski definition) is 3. The Kier molecular flexibility index (Phi) is 5.85. The minimum Gasteiger partial charge on any atom is -0.391 e. The second-order valence-electron chi connectivity index (χ2n) is 7.41. The Labute approximate surface area is 149 Å². The second-order valence-corrected chi connectivity index (χ2v) is 7.41. The number of benzene rings is 1. The summed E-state index contributed by atoms with van der Waals surface area (Å²) < 4.78 is 1.88. The van der Waals surface area contributed by atoms with Gasteiger partial charge in [-0.15, -0.1) is 0 Å². The first-order chi connectivity index (χ1) is 11.7. The van der Waals surface area contributed by atoms with Crippen molar-refractivity contribution in [3.63, 3.8) is 0 Å². The lowest BCUT2D eigenvalue weighted by Gasteiger charge is -2.25. The number of urea groups is 1. The summed E-state index contributed by atoms with van der Waals surface area (Å²) in [4.78, 5) is 12.0. The van der Waals surface area contributed by atoms with Crippen LogP contribution in [0.25, 0.3) is 5.69 Å². The third-order valence-electron chi connectivity index (χ3n) is 4.12. The van der Waals surface area contributed by atoms with E-state index in [1.807, 2.05) is 69.6 Å². The van der Waals surface area contributed by atoms with Crippen molar-refractivity contribution in [3.05, 3.63) is 47.3 Å². The third-order valence-corrected chi connectivity index (χ3v) is 4.12. The summed E-state index contributed by atoms with van der Waals surface area (Å²) in [7, 11) is 0. The first-order valence-electron chi connectivity index (χ1n) is 8.50. The number of aryl methyl sites for hydroxylation is 2. The van der Waals surface area contributed by atoms with Gasteiger partial charge in [0.15, 0.2) is 0 Å². The van der Waals surface area contributed by atoms with Crippen LogP contribution < -0.4 is 10.6 Å². The molecule has 1 aromatic heterocycles. The molecule has 2 aromatic rings. The van der Waals surface area contributed by atoms with Gasteiger partial charge in [-0.3, -0.25) is 0 Å². The lowest BCUT2D eigenvalue weighted by atomic mass is 9.89. The van der Waals surface area contributed by atoms with Crippen molar-refractivity contribution in [3.8, 4) is 5.69 Å². The Bertz CT molecular complexity index is 731. The molecule has 0 saturated heterocycles. The van der Waals surface area contributed by atoms with Gasteiger partial charge in [0, 0.05) is 18.8 Å². The summed E-state index contributed by atoms with van der Waals surface area (Å²) in [6, 6.07) is 9.56. The van der Waals surface area contributed by atoms with E-state index in [9.17, 15) is 9.90 Å². The number of rotatable bonds is 5. The molecule has 6 heteroatoms. The zero-order chi connectivity index (χ0) is 18.6. The van der Waals surface area contributed by atoms with Gasteiger partial charge in [-0.2, -0.15) is 5.10 Å². The summed E-state index contributed by atoms with van der Waals surface area (Å²) in [5.74, 6) is 0. The van der Waals surface area contributed by atoms with E-state index < -0.39 is 6.10 Å². The van der Waals surface area contributed by atoms with Gasteiger partial charge in [0.05, 0.1) is 17.5 Å². The molecule has 25 heavy (non-hydrogen) atoms. The highest BCUT2D eigenvalue weighted by Crippen LogP contribution is 2.18. The topological polar surface area (TPSA) is 79.2 Å². The predicted molar refractivity (Wildman–Crippen MR) is 98.7 cm³/mol. The maximum atomic E-state index is 12.0. The van der Waals surface area contributed by atoms with Crippen LogP contribution in [0.1, 0.15) is 37.7 Å². The number of amides is 2. The van der Waals surface area contributed by atoms with Crippen molar-refractivity contribution in [1.82, 2.24) is 20.4 Å². The minimum absolute atomic E-state index is 0.217. The molecule has 0 bridgehead atoms. The second kappa shape index (κ2) is 7.70. The van der Waals surface area contributed by atoms with Gasteiger partial charge in [-0.1, -0.05) is 39.0 Å². The molecular weight excluding hydrogens is 316 g/mol. The average molecular weight is 344 g/mol. The van der Waals surface area contributed by atoms with E-state index in [0.29, 0.717) is 6.54 Å². The lowest BCUT2D eigenvalue weighted by Crippen LogP contribution is -2.43. The van der Waals surface area contributed by atoms with Gasteiger partial charge in [0.25, 0.3) is 0 Å². The largest absolute Gasteiger partial charge is 0.391 e. The van der Waals surface area contributed by atoms with E-state index in [-0.39, 0.29) is 18.0 Å². The van der Waals surface area contributed by atoms with Crippen molar-refractivity contribution in [1.29, 1.82) is 0 Å². The summed E-state index contributed by atoms with van der Waals surface area (Å²) in [6.07, 6.45) is -0.597. The average Bonchev–Trinajstić information content (AvgIpc) is 2.88. The Morgan fingerprint density at radius 1 is 1.24 bits per heavy atom. The highest BCUT2D eigenvalue weighted by Gasteiger charge is 2.22. The van der Waals surface area contributed by atoms with Crippen LogP contribution in [0.4, 0.5) is 4.79 Å². The van der Waals surface area contributed by atoms with E-state index in [0.717, 1.165) is 22.6 Å². The molecule has 2 amide bonds. The zero-order valence-electron chi connectivity index (χ0n) is 15.6. The predicted octanol–water partition coefficient (Wildman–Crippen LogP) is 2.70. The number of nitrogens with zero attached hydrogens (tertiary/aromatic N) is 2. The molecule has 0 fully saturated rings. The normalized spacial score (nSPS) is 12.7. The Morgan fingerprint density at radius 2 is 1.92 bits per heavy atom. The van der Waals surface area contributed by atoms with E-state index >= 15 is 0 Å². The van der Waals surface area contributed by atoms with Crippen LogP contribution in [0.15, 0.2) is 30.3 Å². The van der Waals surface area contributed by atoms with E-state index in [4.69, 9.17) is 0 Å². The van der Waals surface area contributed by atoms with Crippen LogP contribution in [0.3, 0.4) is 0 Å². The van der Waals surface area contributed by atoms with Crippen LogP contribution in [0, 0.1) is 19.3 Å². The molecule has 0 aliphatic carbocycles. The van der Waals surface area contributed by atoms with Crippen LogP contribution >= 0.6 is 0 Å². The number of carbonyl (C=O) groups excluding carboxylic acids is 1. The zero-order valence-corrected chi connectivity index (χ0v) is 15.6. The molecule has 1 atom stereocenters. The standard InChI is InChI=1S/C19H28N4O2/c1-13-10-14(2)23(22-13)16-9-7-6-8-15(16)11-20-18(25)21-12-17(24)19(3,4)5/h6-10,17,24H,11-12H2,1-5H3,(H2,20,21,25). The Morgan fingerprint density at radius 3 is 2.52 bits per heavy atom. The van der Waals surface area contributed by atoms with Gasteiger partial charge >= 0.3 is 6.03 Å². The smallest absolute Gasteiger partial charge is 0.315 e. The number of aliphatic hydroxyl groups is 1. The first-order valence-corrected chi connectivity index (χ1v) is 8.50. The summed E-state index contributed by atoms with van der Waals surface area (Å²) >= 11 is 0. The molecular formula is C19H28N4O2. The third kappa shape index (κ3) is 5.06. The number of carbonyl (C=O) groups is 1. The van der Waals surface area contributed by atoms with Crippen molar-refractivity contribution in [2.45, 2.75) is 47.3 Å². The molecule has 1 unspecified atom stereocenters. The van der Waals surface area contributed by atoms with E-state index in [1.54, 1.807) is 0 Å². The molecule has 0 aliphatic rings. The van der Waals surface area contributed by atoms with Crippen LogP contribution in [0.2, 0.25) is 0 Å². The van der Waals surface area contributed by atoms with Crippen molar-refractivity contribution in [2.24, 2.45) is 5.41 Å². The Balaban J connectivity index is 2.00. The van der Waals surface area contributed by atoms with Crippen LogP contribution in [-0.2, 0) is 6.54 Å².